The average molecular weight is 830 g/mol. The second kappa shape index (κ2) is 13.1. The topological polar surface area (TPSA) is 39.1 Å². The molecule has 0 radical (unpaired) electrons. The number of nitrogens with zero attached hydrogens (tertiary/aromatic N) is 5. The van der Waals surface area contributed by atoms with Gasteiger partial charge in [-0.15, -0.1) is 29.7 Å². The van der Waals surface area contributed by atoms with Gasteiger partial charge >= 0.3 is 0 Å². The number of aromatic nitrogens is 4. The fourth-order valence-electron chi connectivity index (χ4n) is 6.42. The summed E-state index contributed by atoms with van der Waals surface area (Å²) in [6, 6.07) is 56.5. The van der Waals surface area contributed by atoms with Crippen molar-refractivity contribution >= 4 is 49.9 Å². The quantitative estimate of drug-likeness (QED) is 0.119. The molecule has 50 heavy (non-hydrogen) atoms. The normalized spacial score (nSPS) is 12.3. The van der Waals surface area contributed by atoms with Crippen LogP contribution in [0.4, 0.5) is 17.1 Å². The van der Waals surface area contributed by atoms with E-state index in [0.29, 0.717) is 28.2 Å². The third-order valence-corrected chi connectivity index (χ3v) is 8.58. The number of imidazole rings is 1. The number of pyridine rings is 1. The van der Waals surface area contributed by atoms with Gasteiger partial charge in [0, 0.05) is 61.7 Å². The molecule has 0 aliphatic heterocycles. The van der Waals surface area contributed by atoms with Gasteiger partial charge in [-0.3, -0.25) is 0 Å². The Morgan fingerprint density at radius 1 is 0.660 bits per heavy atom. The van der Waals surface area contributed by atoms with Gasteiger partial charge in [0.05, 0.1) is 27.8 Å². The minimum atomic E-state index is -2.39. The Morgan fingerprint density at radius 2 is 1.36 bits per heavy atom. The molecule has 6 aromatic carbocycles. The molecule has 0 aliphatic rings. The maximum absolute atomic E-state index is 8.02. The van der Waals surface area contributed by atoms with Crippen LogP contribution in [0, 0.1) is 18.5 Å². The van der Waals surface area contributed by atoms with Gasteiger partial charge in [0.1, 0.15) is 5.82 Å². The Kier molecular flexibility index (Phi) is 7.34. The van der Waals surface area contributed by atoms with Crippen molar-refractivity contribution in [3.8, 4) is 23.0 Å². The van der Waals surface area contributed by atoms with Crippen LogP contribution < -0.4 is 14.2 Å². The van der Waals surface area contributed by atoms with Crippen molar-refractivity contribution in [2.45, 2.75) is 0 Å². The first-order valence-electron chi connectivity index (χ1n) is 17.4. The predicted molar refractivity (Wildman–Crippen MR) is 194 cm³/mol. The first-order valence-corrected chi connectivity index (χ1v) is 15.9. The van der Waals surface area contributed by atoms with Crippen LogP contribution in [0.3, 0.4) is 0 Å². The van der Waals surface area contributed by atoms with Crippen molar-refractivity contribution in [2.24, 2.45) is 6.98 Å². The molecule has 244 valence electrons. The van der Waals surface area contributed by atoms with Crippen LogP contribution >= 0.6 is 0 Å². The Morgan fingerprint density at radius 3 is 2.14 bits per heavy atom. The molecule has 0 saturated carbocycles. The number of hydrogen-bond acceptors (Lipinski definition) is 3. The zero-order valence-electron chi connectivity index (χ0n) is 29.5. The number of aryl methyl sites for hydroxylation is 1. The van der Waals surface area contributed by atoms with Crippen LogP contribution in [0.25, 0.3) is 44.3 Å². The Hall–Kier alpha value is -5.97. The molecule has 0 saturated heterocycles. The van der Waals surface area contributed by atoms with Crippen molar-refractivity contribution in [3.63, 3.8) is 0 Å². The van der Waals surface area contributed by atoms with Gasteiger partial charge in [-0.25, -0.2) is 4.98 Å². The molecule has 0 N–H and O–H groups in total. The molecule has 6 nitrogen and oxygen atoms in total. The SMILES string of the molecule is [2H]C([2H])([2H])[n+]1[c-]n(-c2[c-]c(Oc3[c-]c4c(cc3)c3ccccc3n4-c3cc(N(c4ccccc4)c4ccccc4)ccn3)ccc2)c2ccccc21.[Pt]. The summed E-state index contributed by atoms with van der Waals surface area (Å²) < 4.78 is 35.4. The summed E-state index contributed by atoms with van der Waals surface area (Å²) in [5, 5.41) is 2.08. The van der Waals surface area contributed by atoms with E-state index >= 15 is 0 Å². The second-order valence-electron chi connectivity index (χ2n) is 11.6. The number of ether oxygens (including phenoxy) is 1. The largest absolute Gasteiger partial charge is 0.510 e. The summed E-state index contributed by atoms with van der Waals surface area (Å²) in [6.45, 7) is -2.39. The number of para-hydroxylation sites is 5. The van der Waals surface area contributed by atoms with Gasteiger partial charge in [-0.05, 0) is 41.8 Å². The van der Waals surface area contributed by atoms with E-state index in [1.165, 1.54) is 4.57 Å². The zero-order chi connectivity index (χ0) is 35.2. The summed E-state index contributed by atoms with van der Waals surface area (Å²) in [4.78, 5) is 7.09. The molecule has 7 heteroatoms. The van der Waals surface area contributed by atoms with Gasteiger partial charge in [-0.2, -0.15) is 18.2 Å². The van der Waals surface area contributed by atoms with Crippen LogP contribution in [0.5, 0.6) is 11.5 Å². The number of rotatable bonds is 7. The van der Waals surface area contributed by atoms with Crippen LogP contribution in [0.1, 0.15) is 4.11 Å². The number of benzene rings is 6. The Labute approximate surface area is 308 Å². The summed E-state index contributed by atoms with van der Waals surface area (Å²) in [7, 11) is 0. The maximum Gasteiger partial charge on any atom is 0.242 e. The van der Waals surface area contributed by atoms with Crippen LogP contribution in [0.2, 0.25) is 0 Å². The van der Waals surface area contributed by atoms with Crippen molar-refractivity contribution < 1.29 is 34.5 Å². The smallest absolute Gasteiger partial charge is 0.242 e. The molecular weight excluding hydrogens is 798 g/mol. The van der Waals surface area contributed by atoms with Gasteiger partial charge in [0.25, 0.3) is 0 Å². The summed E-state index contributed by atoms with van der Waals surface area (Å²) in [5.41, 5.74) is 6.66. The molecule has 3 aromatic heterocycles. The van der Waals surface area contributed by atoms with E-state index in [4.69, 9.17) is 13.8 Å². The minimum Gasteiger partial charge on any atom is -0.510 e. The van der Waals surface area contributed by atoms with E-state index in [1.54, 1.807) is 10.6 Å². The minimum absolute atomic E-state index is 0. The summed E-state index contributed by atoms with van der Waals surface area (Å²) >= 11 is 0. The van der Waals surface area contributed by atoms with Crippen molar-refractivity contribution in [1.82, 2.24) is 14.1 Å². The molecule has 0 atom stereocenters. The standard InChI is InChI=1S/C43H29N5O.Pt/c1-45-30-46(41-22-11-10-21-40(41)45)33-17-12-18-35(27-33)49-36-23-24-38-37-19-8-9-20-39(37)48(42(38)29-36)43-28-34(25-26-44-43)47(31-13-4-2-5-14-31)32-15-6-3-7-16-32;/h2-26,28H,1H3;/q-2;/i1D3;. The first-order chi connectivity index (χ1) is 25.4. The molecule has 0 unspecified atom stereocenters. The average Bonchev–Trinajstić information content (AvgIpc) is 3.73. The van der Waals surface area contributed by atoms with E-state index in [-0.39, 0.29) is 21.1 Å². The molecule has 3 heterocycles. The van der Waals surface area contributed by atoms with E-state index < -0.39 is 6.98 Å². The molecule has 0 spiro atoms. The molecular formula is C43H29N5OPt-2. The van der Waals surface area contributed by atoms with E-state index in [1.807, 2.05) is 109 Å². The predicted octanol–water partition coefficient (Wildman–Crippen LogP) is 9.61. The van der Waals surface area contributed by atoms with Gasteiger partial charge in [-0.1, -0.05) is 90.1 Å². The molecule has 0 bridgehead atoms. The molecule has 0 fully saturated rings. The van der Waals surface area contributed by atoms with Crippen molar-refractivity contribution in [2.75, 3.05) is 4.90 Å². The summed E-state index contributed by atoms with van der Waals surface area (Å²) in [5.74, 6) is 1.68. The Bertz CT molecular complexity index is 2690. The fraction of sp³-hybridized carbons (Fsp3) is 0.0233. The zero-order valence-corrected chi connectivity index (χ0v) is 28.7. The van der Waals surface area contributed by atoms with E-state index in [9.17, 15) is 0 Å². The number of hydrogen-bond donors (Lipinski definition) is 0. The van der Waals surface area contributed by atoms with Crippen molar-refractivity contribution in [1.29, 1.82) is 0 Å². The monoisotopic (exact) mass is 829 g/mol. The number of fused-ring (bicyclic) bond motifs is 4. The second-order valence-corrected chi connectivity index (χ2v) is 11.6. The van der Waals surface area contributed by atoms with Crippen LogP contribution in [-0.4, -0.2) is 14.1 Å². The molecule has 9 rings (SSSR count). The third kappa shape index (κ3) is 5.54. The van der Waals surface area contributed by atoms with Gasteiger partial charge in [0.2, 0.25) is 6.33 Å². The van der Waals surface area contributed by atoms with Crippen LogP contribution in [0.15, 0.2) is 158 Å². The summed E-state index contributed by atoms with van der Waals surface area (Å²) in [6.07, 6.45) is 4.83. The van der Waals surface area contributed by atoms with Gasteiger partial charge < -0.3 is 23.3 Å². The van der Waals surface area contributed by atoms with E-state index in [0.717, 1.165) is 44.7 Å². The number of anilines is 3. The molecule has 0 aliphatic carbocycles. The fourth-order valence-corrected chi connectivity index (χ4v) is 6.42. The Balaban J connectivity index is 0.00000400. The van der Waals surface area contributed by atoms with Crippen molar-refractivity contribution in [3.05, 3.63) is 176 Å². The van der Waals surface area contributed by atoms with Gasteiger partial charge in [0.15, 0.2) is 0 Å². The molecule has 0 amide bonds. The maximum atomic E-state index is 8.02. The van der Waals surface area contributed by atoms with E-state index in [2.05, 4.69) is 70.4 Å². The first kappa shape index (κ1) is 27.9. The third-order valence-electron chi connectivity index (χ3n) is 8.58. The van der Waals surface area contributed by atoms with Crippen LogP contribution in [-0.2, 0) is 28.0 Å². The molecule has 9 aromatic rings.